The van der Waals surface area contributed by atoms with Gasteiger partial charge < -0.3 is 20.1 Å². The molecule has 0 bridgehead atoms. The van der Waals surface area contributed by atoms with Gasteiger partial charge in [0.15, 0.2) is 0 Å². The third-order valence-corrected chi connectivity index (χ3v) is 4.52. The summed E-state index contributed by atoms with van der Waals surface area (Å²) < 4.78 is 10.1. The van der Waals surface area contributed by atoms with E-state index in [4.69, 9.17) is 15.2 Å². The second kappa shape index (κ2) is 8.80. The van der Waals surface area contributed by atoms with Crippen LogP contribution >= 0.6 is 0 Å². The lowest BCUT2D eigenvalue weighted by Gasteiger charge is -2.37. The minimum atomic E-state index is -0.458. The van der Waals surface area contributed by atoms with Gasteiger partial charge in [-0.3, -0.25) is 9.59 Å². The average molecular weight is 334 g/mol. The lowest BCUT2D eigenvalue weighted by molar-refractivity contribution is -0.148. The molecule has 0 unspecified atom stereocenters. The van der Waals surface area contributed by atoms with Crippen LogP contribution in [-0.4, -0.2) is 56.2 Å². The Balaban J connectivity index is 2.11. The van der Waals surface area contributed by atoms with E-state index in [0.29, 0.717) is 26.1 Å². The molecule has 2 N–H and O–H groups in total. The highest BCUT2D eigenvalue weighted by Gasteiger charge is 2.33. The van der Waals surface area contributed by atoms with Crippen molar-refractivity contribution in [2.75, 3.05) is 27.4 Å². The zero-order valence-corrected chi connectivity index (χ0v) is 14.3. The van der Waals surface area contributed by atoms with Gasteiger partial charge in [0.1, 0.15) is 0 Å². The standard InChI is InChI=1S/C18H26N2O4/c1-20(16-8-9-24-12-15(16)19)18(22)14(11-17(21)23-2)10-13-6-4-3-5-7-13/h3-7,14-16H,8-12,19H2,1-2H3/t14-,15+,16+/m1/s1. The van der Waals surface area contributed by atoms with E-state index in [1.165, 1.54) is 7.11 Å². The van der Waals surface area contributed by atoms with E-state index in [1.54, 1.807) is 11.9 Å². The normalized spacial score (nSPS) is 21.8. The fourth-order valence-corrected chi connectivity index (χ4v) is 3.11. The van der Waals surface area contributed by atoms with Crippen molar-refractivity contribution in [2.24, 2.45) is 11.7 Å². The zero-order chi connectivity index (χ0) is 17.5. The highest BCUT2D eigenvalue weighted by Crippen LogP contribution is 2.20. The van der Waals surface area contributed by atoms with E-state index in [1.807, 2.05) is 30.3 Å². The molecule has 1 amide bonds. The summed E-state index contributed by atoms with van der Waals surface area (Å²) in [5.74, 6) is -0.916. The molecule has 1 aliphatic rings. The summed E-state index contributed by atoms with van der Waals surface area (Å²) in [6.07, 6.45) is 1.27. The molecular formula is C18H26N2O4. The highest BCUT2D eigenvalue weighted by molar-refractivity contribution is 5.84. The van der Waals surface area contributed by atoms with Crippen molar-refractivity contribution in [3.63, 3.8) is 0 Å². The first-order valence-electron chi connectivity index (χ1n) is 8.23. The average Bonchev–Trinajstić information content (AvgIpc) is 2.61. The number of amides is 1. The molecule has 1 aromatic carbocycles. The minimum Gasteiger partial charge on any atom is -0.469 e. The van der Waals surface area contributed by atoms with Crippen LogP contribution in [0, 0.1) is 5.92 Å². The van der Waals surface area contributed by atoms with Crippen molar-refractivity contribution in [1.82, 2.24) is 4.90 Å². The maximum atomic E-state index is 13.0. The van der Waals surface area contributed by atoms with Crippen LogP contribution in [0.3, 0.4) is 0 Å². The molecule has 0 spiro atoms. The Morgan fingerprint density at radius 2 is 2.08 bits per heavy atom. The van der Waals surface area contributed by atoms with Gasteiger partial charge in [-0.25, -0.2) is 0 Å². The van der Waals surface area contributed by atoms with Crippen molar-refractivity contribution < 1.29 is 19.1 Å². The molecule has 1 saturated heterocycles. The number of methoxy groups -OCH3 is 1. The molecule has 1 heterocycles. The third kappa shape index (κ3) is 4.79. The van der Waals surface area contributed by atoms with Crippen LogP contribution in [0.25, 0.3) is 0 Å². The van der Waals surface area contributed by atoms with Crippen LogP contribution in [0.1, 0.15) is 18.4 Å². The van der Waals surface area contributed by atoms with E-state index in [0.717, 1.165) is 5.56 Å². The van der Waals surface area contributed by atoms with Crippen molar-refractivity contribution in [2.45, 2.75) is 31.3 Å². The van der Waals surface area contributed by atoms with Gasteiger partial charge in [-0.1, -0.05) is 30.3 Å². The first kappa shape index (κ1) is 18.4. The quantitative estimate of drug-likeness (QED) is 0.784. The summed E-state index contributed by atoms with van der Waals surface area (Å²) >= 11 is 0. The predicted molar refractivity (Wildman–Crippen MR) is 90.2 cm³/mol. The van der Waals surface area contributed by atoms with E-state index < -0.39 is 5.92 Å². The van der Waals surface area contributed by atoms with Gasteiger partial charge in [-0.05, 0) is 18.4 Å². The SMILES string of the molecule is COC(=O)C[C@@H](Cc1ccccc1)C(=O)N(C)[C@H]1CCOC[C@@H]1N. The Labute approximate surface area is 142 Å². The number of ether oxygens (including phenoxy) is 2. The van der Waals surface area contributed by atoms with Crippen LogP contribution in [0.5, 0.6) is 0 Å². The molecule has 3 atom stereocenters. The second-order valence-corrected chi connectivity index (χ2v) is 6.21. The number of esters is 1. The fourth-order valence-electron chi connectivity index (χ4n) is 3.11. The third-order valence-electron chi connectivity index (χ3n) is 4.52. The van der Waals surface area contributed by atoms with Gasteiger partial charge >= 0.3 is 5.97 Å². The Kier molecular flexibility index (Phi) is 6.75. The van der Waals surface area contributed by atoms with Gasteiger partial charge in [-0.15, -0.1) is 0 Å². The van der Waals surface area contributed by atoms with Crippen molar-refractivity contribution in [3.05, 3.63) is 35.9 Å². The molecule has 132 valence electrons. The maximum Gasteiger partial charge on any atom is 0.306 e. The van der Waals surface area contributed by atoms with E-state index in [-0.39, 0.29) is 30.4 Å². The Morgan fingerprint density at radius 1 is 1.38 bits per heavy atom. The smallest absolute Gasteiger partial charge is 0.306 e. The van der Waals surface area contributed by atoms with Crippen LogP contribution in [0.2, 0.25) is 0 Å². The topological polar surface area (TPSA) is 81.9 Å². The second-order valence-electron chi connectivity index (χ2n) is 6.21. The molecule has 1 aromatic rings. The molecule has 0 radical (unpaired) electrons. The summed E-state index contributed by atoms with van der Waals surface area (Å²) in [5.41, 5.74) is 7.11. The van der Waals surface area contributed by atoms with Crippen molar-refractivity contribution in [1.29, 1.82) is 0 Å². The predicted octanol–water partition coefficient (Wildman–Crippen LogP) is 0.983. The molecule has 1 fully saturated rings. The molecular weight excluding hydrogens is 308 g/mol. The molecule has 2 rings (SSSR count). The van der Waals surface area contributed by atoms with Crippen LogP contribution in [-0.2, 0) is 25.5 Å². The molecule has 6 nitrogen and oxygen atoms in total. The lowest BCUT2D eigenvalue weighted by atomic mass is 9.93. The fraction of sp³-hybridized carbons (Fsp3) is 0.556. The van der Waals surface area contributed by atoms with Gasteiger partial charge in [0.05, 0.1) is 32.1 Å². The number of carbonyl (C=O) groups is 2. The molecule has 6 heteroatoms. The number of carbonyl (C=O) groups excluding carboxylic acids is 2. The van der Waals surface area contributed by atoms with Crippen molar-refractivity contribution in [3.8, 4) is 0 Å². The number of hydrogen-bond donors (Lipinski definition) is 1. The first-order chi connectivity index (χ1) is 11.5. The Bertz CT molecular complexity index is 549. The van der Waals surface area contributed by atoms with E-state index in [9.17, 15) is 9.59 Å². The molecule has 0 saturated carbocycles. The molecule has 24 heavy (non-hydrogen) atoms. The highest BCUT2D eigenvalue weighted by atomic mass is 16.5. The van der Waals surface area contributed by atoms with E-state index >= 15 is 0 Å². The van der Waals surface area contributed by atoms with Gasteiger partial charge in [-0.2, -0.15) is 0 Å². The maximum absolute atomic E-state index is 13.0. The first-order valence-corrected chi connectivity index (χ1v) is 8.23. The van der Waals surface area contributed by atoms with Gasteiger partial charge in [0.2, 0.25) is 5.91 Å². The minimum absolute atomic E-state index is 0.0625. The number of rotatable bonds is 6. The molecule has 0 aromatic heterocycles. The van der Waals surface area contributed by atoms with Crippen LogP contribution in [0.15, 0.2) is 30.3 Å². The molecule has 1 aliphatic heterocycles. The number of nitrogens with two attached hydrogens (primary N) is 1. The van der Waals surface area contributed by atoms with Crippen LogP contribution in [0.4, 0.5) is 0 Å². The van der Waals surface area contributed by atoms with Crippen molar-refractivity contribution >= 4 is 11.9 Å². The Morgan fingerprint density at radius 3 is 2.71 bits per heavy atom. The molecule has 0 aliphatic carbocycles. The van der Waals surface area contributed by atoms with E-state index in [2.05, 4.69) is 0 Å². The number of benzene rings is 1. The summed E-state index contributed by atoms with van der Waals surface area (Å²) in [6, 6.07) is 9.41. The van der Waals surface area contributed by atoms with Crippen LogP contribution < -0.4 is 5.73 Å². The summed E-state index contributed by atoms with van der Waals surface area (Å²) in [7, 11) is 3.10. The largest absolute Gasteiger partial charge is 0.469 e. The zero-order valence-electron chi connectivity index (χ0n) is 14.3. The summed E-state index contributed by atoms with van der Waals surface area (Å²) in [6.45, 7) is 1.04. The summed E-state index contributed by atoms with van der Waals surface area (Å²) in [5, 5.41) is 0. The summed E-state index contributed by atoms with van der Waals surface area (Å²) in [4.78, 5) is 26.4. The Hall–Kier alpha value is -1.92. The van der Waals surface area contributed by atoms with Gasteiger partial charge in [0, 0.05) is 19.7 Å². The monoisotopic (exact) mass is 334 g/mol. The number of hydrogen-bond acceptors (Lipinski definition) is 5. The number of nitrogens with zero attached hydrogens (tertiary/aromatic N) is 1. The van der Waals surface area contributed by atoms with Gasteiger partial charge in [0.25, 0.3) is 0 Å². The lowest BCUT2D eigenvalue weighted by Crippen LogP contribution is -2.55. The number of likely N-dealkylation sites (N-methyl/N-ethyl adjacent to an activating group) is 1.